The van der Waals surface area contributed by atoms with Gasteiger partial charge in [0.15, 0.2) is 0 Å². The van der Waals surface area contributed by atoms with Crippen molar-refractivity contribution in [2.24, 2.45) is 5.10 Å². The van der Waals surface area contributed by atoms with Crippen molar-refractivity contribution in [1.82, 2.24) is 5.43 Å². The van der Waals surface area contributed by atoms with Crippen molar-refractivity contribution in [3.05, 3.63) is 12.7 Å². The molecule has 68 valence electrons. The summed E-state index contributed by atoms with van der Waals surface area (Å²) in [6, 6.07) is 0. The van der Waals surface area contributed by atoms with Gasteiger partial charge in [-0.2, -0.15) is 5.10 Å². The van der Waals surface area contributed by atoms with Crippen LogP contribution in [0.4, 0.5) is 4.79 Å². The molecule has 0 aromatic heterocycles. The zero-order chi connectivity index (χ0) is 9.40. The van der Waals surface area contributed by atoms with E-state index in [0.29, 0.717) is 0 Å². The molecule has 0 aliphatic rings. The minimum absolute atomic E-state index is 0.791. The third-order valence-corrected chi connectivity index (χ3v) is 1.29. The highest BCUT2D eigenvalue weighted by Gasteiger charge is 1.93. The standard InChI is InChI=1S/C8H14N2O2/c1-3-4-5-6-7(2)9-10-8(11)12/h3,10H,1,4-6H2,2H3,(H,11,12). The average molecular weight is 170 g/mol. The summed E-state index contributed by atoms with van der Waals surface area (Å²) < 4.78 is 0. The van der Waals surface area contributed by atoms with Crippen molar-refractivity contribution in [2.75, 3.05) is 0 Å². The third kappa shape index (κ3) is 6.80. The van der Waals surface area contributed by atoms with Crippen molar-refractivity contribution in [2.45, 2.75) is 26.2 Å². The highest BCUT2D eigenvalue weighted by atomic mass is 16.4. The second kappa shape index (κ2) is 6.39. The highest BCUT2D eigenvalue weighted by Crippen LogP contribution is 1.97. The molecule has 0 rings (SSSR count). The van der Waals surface area contributed by atoms with Crippen LogP contribution >= 0.6 is 0 Å². The minimum atomic E-state index is -1.13. The second-order valence-corrected chi connectivity index (χ2v) is 2.44. The predicted molar refractivity (Wildman–Crippen MR) is 48.3 cm³/mol. The van der Waals surface area contributed by atoms with Gasteiger partial charge in [-0.15, -0.1) is 6.58 Å². The maximum atomic E-state index is 10.00. The molecule has 4 heteroatoms. The maximum absolute atomic E-state index is 10.00. The first kappa shape index (κ1) is 10.7. The lowest BCUT2D eigenvalue weighted by molar-refractivity contribution is 0.195. The molecule has 0 aromatic carbocycles. The van der Waals surface area contributed by atoms with Gasteiger partial charge >= 0.3 is 6.09 Å². The molecule has 0 spiro atoms. The lowest BCUT2D eigenvalue weighted by Gasteiger charge is -1.97. The van der Waals surface area contributed by atoms with Crippen LogP contribution in [0.15, 0.2) is 17.8 Å². The molecule has 0 atom stereocenters. The average Bonchev–Trinajstić information content (AvgIpc) is 2.01. The van der Waals surface area contributed by atoms with Crippen LogP contribution in [-0.4, -0.2) is 16.9 Å². The van der Waals surface area contributed by atoms with E-state index in [0.717, 1.165) is 25.0 Å². The van der Waals surface area contributed by atoms with E-state index in [1.807, 2.05) is 11.5 Å². The molecule has 0 bridgehead atoms. The summed E-state index contributed by atoms with van der Waals surface area (Å²) in [5.74, 6) is 0. The first-order valence-corrected chi connectivity index (χ1v) is 3.79. The number of allylic oxidation sites excluding steroid dienone is 1. The number of hydrazone groups is 1. The van der Waals surface area contributed by atoms with Gasteiger partial charge in [-0.1, -0.05) is 6.08 Å². The van der Waals surface area contributed by atoms with Crippen LogP contribution < -0.4 is 5.43 Å². The normalized spacial score (nSPS) is 10.9. The van der Waals surface area contributed by atoms with Gasteiger partial charge in [-0.25, -0.2) is 10.2 Å². The Hall–Kier alpha value is -1.32. The van der Waals surface area contributed by atoms with E-state index in [1.165, 1.54) is 0 Å². The minimum Gasteiger partial charge on any atom is -0.464 e. The lowest BCUT2D eigenvalue weighted by atomic mass is 10.2. The predicted octanol–water partition coefficient (Wildman–Crippen LogP) is 1.99. The number of nitrogens with zero attached hydrogens (tertiary/aromatic N) is 1. The molecule has 2 N–H and O–H groups in total. The molecule has 0 unspecified atom stereocenters. The topological polar surface area (TPSA) is 61.7 Å². The van der Waals surface area contributed by atoms with E-state index in [2.05, 4.69) is 11.7 Å². The Morgan fingerprint density at radius 2 is 2.42 bits per heavy atom. The van der Waals surface area contributed by atoms with Gasteiger partial charge in [0.25, 0.3) is 0 Å². The quantitative estimate of drug-likeness (QED) is 0.287. The third-order valence-electron chi connectivity index (χ3n) is 1.29. The Labute approximate surface area is 72.0 Å². The van der Waals surface area contributed by atoms with Crippen LogP contribution in [0.3, 0.4) is 0 Å². The number of hydrogen-bond acceptors (Lipinski definition) is 2. The summed E-state index contributed by atoms with van der Waals surface area (Å²) in [6.07, 6.45) is 3.39. The van der Waals surface area contributed by atoms with Gasteiger partial charge in [0.1, 0.15) is 0 Å². The molecule has 0 radical (unpaired) electrons. The van der Waals surface area contributed by atoms with E-state index in [9.17, 15) is 4.79 Å². The fraction of sp³-hybridized carbons (Fsp3) is 0.500. The molecule has 0 aliphatic carbocycles. The number of hydrogen-bond donors (Lipinski definition) is 2. The Kier molecular flexibility index (Phi) is 5.69. The Morgan fingerprint density at radius 1 is 1.75 bits per heavy atom. The van der Waals surface area contributed by atoms with Crippen LogP contribution in [0.1, 0.15) is 26.2 Å². The molecule has 4 nitrogen and oxygen atoms in total. The van der Waals surface area contributed by atoms with Crippen molar-refractivity contribution in [1.29, 1.82) is 0 Å². The number of carboxylic acid groups (broad SMARTS) is 1. The Bertz CT molecular complexity index is 187. The number of nitrogens with one attached hydrogen (secondary N) is 1. The SMILES string of the molecule is C=CCCCC(C)=NNC(=O)O. The van der Waals surface area contributed by atoms with E-state index in [1.54, 1.807) is 6.92 Å². The summed E-state index contributed by atoms with van der Waals surface area (Å²) in [4.78, 5) is 10.00. The van der Waals surface area contributed by atoms with Gasteiger partial charge < -0.3 is 5.11 Å². The fourth-order valence-corrected chi connectivity index (χ4v) is 0.701. The molecular formula is C8H14N2O2. The summed E-state index contributed by atoms with van der Waals surface area (Å²) in [5, 5.41) is 11.8. The number of unbranched alkanes of at least 4 members (excludes halogenated alkanes) is 1. The zero-order valence-corrected chi connectivity index (χ0v) is 7.21. The zero-order valence-electron chi connectivity index (χ0n) is 7.21. The summed E-state index contributed by atoms with van der Waals surface area (Å²) in [5.41, 5.74) is 2.74. The van der Waals surface area contributed by atoms with E-state index in [-0.39, 0.29) is 0 Å². The van der Waals surface area contributed by atoms with Crippen molar-refractivity contribution in [3.8, 4) is 0 Å². The highest BCUT2D eigenvalue weighted by molar-refractivity contribution is 5.82. The molecule has 0 aliphatic heterocycles. The van der Waals surface area contributed by atoms with Gasteiger partial charge in [-0.05, 0) is 26.2 Å². The lowest BCUT2D eigenvalue weighted by Crippen LogP contribution is -2.15. The van der Waals surface area contributed by atoms with Gasteiger partial charge in [0, 0.05) is 5.71 Å². The van der Waals surface area contributed by atoms with E-state index >= 15 is 0 Å². The summed E-state index contributed by atoms with van der Waals surface area (Å²) in [6.45, 7) is 5.37. The van der Waals surface area contributed by atoms with E-state index < -0.39 is 6.09 Å². The second-order valence-electron chi connectivity index (χ2n) is 2.44. The molecule has 0 heterocycles. The van der Waals surface area contributed by atoms with E-state index in [4.69, 9.17) is 5.11 Å². The molecule has 12 heavy (non-hydrogen) atoms. The number of amides is 1. The fourth-order valence-electron chi connectivity index (χ4n) is 0.701. The first-order valence-electron chi connectivity index (χ1n) is 3.79. The first-order chi connectivity index (χ1) is 5.66. The largest absolute Gasteiger partial charge is 0.464 e. The Morgan fingerprint density at radius 3 is 2.92 bits per heavy atom. The molecule has 0 saturated heterocycles. The molecule has 1 amide bonds. The van der Waals surface area contributed by atoms with Crippen LogP contribution in [0.25, 0.3) is 0 Å². The monoisotopic (exact) mass is 170 g/mol. The van der Waals surface area contributed by atoms with Crippen LogP contribution in [0.2, 0.25) is 0 Å². The van der Waals surface area contributed by atoms with Crippen molar-refractivity contribution in [3.63, 3.8) is 0 Å². The van der Waals surface area contributed by atoms with Crippen LogP contribution in [0.5, 0.6) is 0 Å². The number of rotatable bonds is 5. The maximum Gasteiger partial charge on any atom is 0.425 e. The number of carbonyl (C=O) groups is 1. The van der Waals surface area contributed by atoms with Gasteiger partial charge in [0.05, 0.1) is 0 Å². The smallest absolute Gasteiger partial charge is 0.425 e. The van der Waals surface area contributed by atoms with Crippen molar-refractivity contribution >= 4 is 11.8 Å². The molecular weight excluding hydrogens is 156 g/mol. The van der Waals surface area contributed by atoms with Crippen molar-refractivity contribution < 1.29 is 9.90 Å². The summed E-state index contributed by atoms with van der Waals surface area (Å²) in [7, 11) is 0. The summed E-state index contributed by atoms with van der Waals surface area (Å²) >= 11 is 0. The van der Waals surface area contributed by atoms with Gasteiger partial charge in [0.2, 0.25) is 0 Å². The Balaban J connectivity index is 3.55. The van der Waals surface area contributed by atoms with Crippen LogP contribution in [-0.2, 0) is 0 Å². The molecule has 0 aromatic rings. The van der Waals surface area contributed by atoms with Crippen LogP contribution in [0, 0.1) is 0 Å². The molecule has 0 fully saturated rings. The van der Waals surface area contributed by atoms with Gasteiger partial charge in [-0.3, -0.25) is 0 Å². The molecule has 0 saturated carbocycles.